The second-order valence-corrected chi connectivity index (χ2v) is 11.6. The Labute approximate surface area is 197 Å². The highest BCUT2D eigenvalue weighted by molar-refractivity contribution is 8.20. The zero-order valence-corrected chi connectivity index (χ0v) is 20.4. The van der Waals surface area contributed by atoms with Crippen molar-refractivity contribution in [2.45, 2.75) is 6.92 Å². The van der Waals surface area contributed by atoms with Gasteiger partial charge < -0.3 is 19.3 Å². The fraction of sp³-hybridized carbons (Fsp3) is 0.421. The average molecular weight is 510 g/mol. The SMILES string of the molecule is COCCOc1cc(C)nc(N2CCN(c3ccc([N+](=O)[O-])cc3)CC2)c1.ClP(Cl)Cl. The Bertz CT molecular complexity index is 835. The van der Waals surface area contributed by atoms with Crippen LogP contribution in [0.4, 0.5) is 17.2 Å². The molecule has 1 saturated heterocycles. The van der Waals surface area contributed by atoms with Gasteiger partial charge in [-0.05, 0) is 19.1 Å². The maximum atomic E-state index is 10.8. The number of hydrogen-bond acceptors (Lipinski definition) is 7. The van der Waals surface area contributed by atoms with Gasteiger partial charge in [-0.1, -0.05) is 33.7 Å². The van der Waals surface area contributed by atoms with Crippen molar-refractivity contribution in [2.24, 2.45) is 0 Å². The summed E-state index contributed by atoms with van der Waals surface area (Å²) >= 11 is 14.6. The first-order valence-electron chi connectivity index (χ1n) is 9.42. The highest BCUT2D eigenvalue weighted by Gasteiger charge is 2.19. The molecule has 31 heavy (non-hydrogen) atoms. The molecule has 2 aromatic rings. The molecule has 0 unspecified atom stereocenters. The van der Waals surface area contributed by atoms with Crippen LogP contribution in [0, 0.1) is 17.0 Å². The van der Waals surface area contributed by atoms with Gasteiger partial charge in [0.1, 0.15) is 18.2 Å². The van der Waals surface area contributed by atoms with Crippen molar-refractivity contribution < 1.29 is 14.4 Å². The minimum absolute atomic E-state index is 0.113. The minimum atomic E-state index is -1.20. The summed E-state index contributed by atoms with van der Waals surface area (Å²) in [5.74, 6) is 0.503. The number of ether oxygens (including phenoxy) is 2. The van der Waals surface area contributed by atoms with Gasteiger partial charge in [0, 0.05) is 68.9 Å². The van der Waals surface area contributed by atoms with E-state index in [-0.39, 0.29) is 10.6 Å². The van der Waals surface area contributed by atoms with Gasteiger partial charge in [-0.25, -0.2) is 4.98 Å². The van der Waals surface area contributed by atoms with E-state index in [9.17, 15) is 10.1 Å². The molecule has 12 heteroatoms. The van der Waals surface area contributed by atoms with Crippen molar-refractivity contribution in [3.8, 4) is 5.75 Å². The molecule has 8 nitrogen and oxygen atoms in total. The van der Waals surface area contributed by atoms with Crippen LogP contribution in [0.5, 0.6) is 5.75 Å². The number of aromatic nitrogens is 1. The van der Waals surface area contributed by atoms with Crippen LogP contribution >= 0.6 is 39.7 Å². The van der Waals surface area contributed by atoms with Crippen LogP contribution in [0.25, 0.3) is 0 Å². The molecule has 1 aliphatic heterocycles. The Morgan fingerprint density at radius 3 is 2.19 bits per heavy atom. The quantitative estimate of drug-likeness (QED) is 0.209. The third-order valence-corrected chi connectivity index (χ3v) is 4.50. The number of aryl methyl sites for hydroxylation is 1. The lowest BCUT2D eigenvalue weighted by atomic mass is 10.2. The predicted octanol–water partition coefficient (Wildman–Crippen LogP) is 5.58. The van der Waals surface area contributed by atoms with E-state index < -0.39 is 5.98 Å². The smallest absolute Gasteiger partial charge is 0.269 e. The second-order valence-electron chi connectivity index (χ2n) is 6.58. The monoisotopic (exact) mass is 508 g/mol. The molecule has 170 valence electrons. The molecular formula is C19H24Cl3N4O4P. The number of nitro groups is 1. The molecular weight excluding hydrogens is 486 g/mol. The number of hydrogen-bond donors (Lipinski definition) is 0. The third kappa shape index (κ3) is 8.83. The lowest BCUT2D eigenvalue weighted by molar-refractivity contribution is -0.384. The van der Waals surface area contributed by atoms with E-state index >= 15 is 0 Å². The molecule has 0 bridgehead atoms. The third-order valence-electron chi connectivity index (χ3n) is 4.50. The summed E-state index contributed by atoms with van der Waals surface area (Å²) in [5, 5.41) is 10.8. The van der Waals surface area contributed by atoms with Crippen LogP contribution in [0.2, 0.25) is 0 Å². The van der Waals surface area contributed by atoms with E-state index in [0.717, 1.165) is 49.1 Å². The van der Waals surface area contributed by atoms with Crippen molar-refractivity contribution in [3.05, 3.63) is 52.2 Å². The van der Waals surface area contributed by atoms with Crippen molar-refractivity contribution in [1.82, 2.24) is 4.98 Å². The molecule has 0 N–H and O–H groups in total. The maximum Gasteiger partial charge on any atom is 0.269 e. The molecule has 1 aromatic carbocycles. The van der Waals surface area contributed by atoms with Crippen LogP contribution in [0.15, 0.2) is 36.4 Å². The molecule has 0 spiro atoms. The molecule has 0 radical (unpaired) electrons. The fourth-order valence-electron chi connectivity index (χ4n) is 3.09. The summed E-state index contributed by atoms with van der Waals surface area (Å²) in [4.78, 5) is 19.5. The topological polar surface area (TPSA) is 81.0 Å². The standard InChI is InChI=1S/C19H24N4O4.Cl3P/c1-15-13-18(27-12-11-26-2)14-19(20-15)22-9-7-21(8-10-22)16-3-5-17(6-4-16)23(24)25;1-4(2)3/h3-6,13-14H,7-12H2,1-2H3;. The summed E-state index contributed by atoms with van der Waals surface area (Å²) in [6.45, 7) is 6.31. The number of halogens is 3. The van der Waals surface area contributed by atoms with E-state index in [2.05, 4.69) is 14.8 Å². The molecule has 2 heterocycles. The number of rotatable bonds is 7. The van der Waals surface area contributed by atoms with E-state index in [4.69, 9.17) is 43.2 Å². The van der Waals surface area contributed by atoms with Crippen molar-refractivity contribution in [2.75, 3.05) is 56.3 Å². The lowest BCUT2D eigenvalue weighted by Gasteiger charge is -2.36. The zero-order valence-electron chi connectivity index (χ0n) is 17.2. The van der Waals surface area contributed by atoms with Gasteiger partial charge in [0.2, 0.25) is 0 Å². The van der Waals surface area contributed by atoms with Crippen molar-refractivity contribution in [3.63, 3.8) is 0 Å². The Morgan fingerprint density at radius 1 is 1.06 bits per heavy atom. The number of non-ortho nitro benzene ring substituents is 1. The summed E-state index contributed by atoms with van der Waals surface area (Å²) in [5.41, 5.74) is 2.03. The minimum Gasteiger partial charge on any atom is -0.491 e. The van der Waals surface area contributed by atoms with E-state index in [1.807, 2.05) is 19.1 Å². The number of nitrogens with zero attached hydrogens (tertiary/aromatic N) is 4. The van der Waals surface area contributed by atoms with Gasteiger partial charge in [-0.15, -0.1) is 0 Å². The molecule has 0 atom stereocenters. The number of piperazine rings is 1. The Balaban J connectivity index is 0.000000785. The van der Waals surface area contributed by atoms with Crippen molar-refractivity contribution >= 4 is 56.9 Å². The second kappa shape index (κ2) is 13.1. The van der Waals surface area contributed by atoms with Crippen molar-refractivity contribution in [1.29, 1.82) is 0 Å². The van der Waals surface area contributed by atoms with Gasteiger partial charge in [0.15, 0.2) is 5.98 Å². The van der Waals surface area contributed by atoms with Crippen LogP contribution in [-0.4, -0.2) is 56.4 Å². The Hall–Kier alpha value is -1.57. The van der Waals surface area contributed by atoms with E-state index in [1.165, 1.54) is 0 Å². The highest BCUT2D eigenvalue weighted by atomic mass is 36.0. The first-order valence-corrected chi connectivity index (χ1v) is 13.5. The predicted molar refractivity (Wildman–Crippen MR) is 128 cm³/mol. The number of methoxy groups -OCH3 is 1. The Morgan fingerprint density at radius 2 is 1.65 bits per heavy atom. The van der Waals surface area contributed by atoms with Crippen LogP contribution in [-0.2, 0) is 4.74 Å². The van der Waals surface area contributed by atoms with E-state index in [0.29, 0.717) is 13.2 Å². The molecule has 3 rings (SSSR count). The van der Waals surface area contributed by atoms with E-state index in [1.54, 1.807) is 31.4 Å². The van der Waals surface area contributed by atoms with Gasteiger partial charge in [-0.2, -0.15) is 0 Å². The molecule has 1 aromatic heterocycles. The maximum absolute atomic E-state index is 10.8. The van der Waals surface area contributed by atoms with Gasteiger partial charge in [0.25, 0.3) is 5.69 Å². The zero-order chi connectivity index (χ0) is 22.8. The van der Waals surface area contributed by atoms with Gasteiger partial charge >= 0.3 is 0 Å². The number of nitro benzene ring substituents is 1. The highest BCUT2D eigenvalue weighted by Crippen LogP contribution is 2.51. The molecule has 1 aliphatic rings. The molecule has 1 fully saturated rings. The number of anilines is 2. The summed E-state index contributed by atoms with van der Waals surface area (Å²) in [6.07, 6.45) is 0. The van der Waals surface area contributed by atoms with Crippen LogP contribution in [0.3, 0.4) is 0 Å². The first-order chi connectivity index (χ1) is 14.8. The normalized spacial score (nSPS) is 13.6. The molecule has 0 amide bonds. The van der Waals surface area contributed by atoms with Gasteiger partial charge in [0.05, 0.1) is 11.5 Å². The number of benzene rings is 1. The average Bonchev–Trinajstić information content (AvgIpc) is 2.73. The summed E-state index contributed by atoms with van der Waals surface area (Å²) in [6, 6.07) is 10.6. The van der Waals surface area contributed by atoms with Gasteiger partial charge in [-0.3, -0.25) is 10.1 Å². The molecule has 0 aliphatic carbocycles. The fourth-order valence-corrected chi connectivity index (χ4v) is 3.09. The summed E-state index contributed by atoms with van der Waals surface area (Å²) in [7, 11) is 1.65. The lowest BCUT2D eigenvalue weighted by Crippen LogP contribution is -2.46. The largest absolute Gasteiger partial charge is 0.491 e. The van der Waals surface area contributed by atoms with Crippen LogP contribution < -0.4 is 14.5 Å². The van der Waals surface area contributed by atoms with Crippen LogP contribution in [0.1, 0.15) is 5.69 Å². The summed E-state index contributed by atoms with van der Waals surface area (Å²) < 4.78 is 10.7. The molecule has 0 saturated carbocycles. The first kappa shape index (κ1) is 25.7. The number of pyridine rings is 1. The Kier molecular flexibility index (Phi) is 10.8.